The van der Waals surface area contributed by atoms with Crippen LogP contribution in [-0.2, 0) is 0 Å². The average Bonchev–Trinajstić information content (AvgIpc) is 3.39. The molecular weight excluding hydrogens is 429 g/mol. The Bertz CT molecular complexity index is 598. The highest BCUT2D eigenvalue weighted by molar-refractivity contribution is 14.0. The molecule has 2 aliphatic carbocycles. The molecule has 0 aliphatic heterocycles. The monoisotopic (exact) mass is 459 g/mol. The van der Waals surface area contributed by atoms with E-state index < -0.39 is 0 Å². The fourth-order valence-electron chi connectivity index (χ4n) is 3.65. The lowest BCUT2D eigenvalue weighted by molar-refractivity contribution is 0.106. The van der Waals surface area contributed by atoms with Gasteiger partial charge in [0.1, 0.15) is 0 Å². The Morgan fingerprint density at radius 3 is 2.56 bits per heavy atom. The van der Waals surface area contributed by atoms with Crippen LogP contribution in [0.3, 0.4) is 0 Å². The van der Waals surface area contributed by atoms with E-state index in [1.807, 2.05) is 32.2 Å². The number of rotatable bonds is 7. The first-order valence-corrected chi connectivity index (χ1v) is 8.99. The van der Waals surface area contributed by atoms with Crippen molar-refractivity contribution < 1.29 is 9.47 Å². The van der Waals surface area contributed by atoms with Crippen LogP contribution in [0.1, 0.15) is 39.0 Å². The summed E-state index contributed by atoms with van der Waals surface area (Å²) in [7, 11) is 3.47. The second-order valence-electron chi connectivity index (χ2n) is 6.84. The molecule has 0 amide bonds. The largest absolute Gasteiger partial charge is 0.493 e. The molecule has 2 aliphatic rings. The van der Waals surface area contributed by atoms with Gasteiger partial charge < -0.3 is 20.1 Å². The Kier molecular flexibility index (Phi) is 7.22. The Labute approximate surface area is 168 Å². The van der Waals surface area contributed by atoms with Gasteiger partial charge in [-0.15, -0.1) is 24.0 Å². The number of guanidine groups is 1. The second kappa shape index (κ2) is 8.96. The van der Waals surface area contributed by atoms with Gasteiger partial charge in [-0.25, -0.2) is 0 Å². The van der Waals surface area contributed by atoms with E-state index in [0.29, 0.717) is 12.0 Å². The molecule has 6 heteroatoms. The van der Waals surface area contributed by atoms with Crippen molar-refractivity contribution in [1.29, 1.82) is 0 Å². The SMILES string of the molecule is CCOc1ccc(NC(=NC)NCC2(C3CC3)CCC2)cc1OC.I. The van der Waals surface area contributed by atoms with Crippen molar-refractivity contribution in [2.75, 3.05) is 32.6 Å². The molecule has 140 valence electrons. The Hall–Kier alpha value is -1.18. The van der Waals surface area contributed by atoms with Gasteiger partial charge in [0, 0.05) is 25.3 Å². The zero-order chi connectivity index (χ0) is 17.0. The summed E-state index contributed by atoms with van der Waals surface area (Å²) in [6.45, 7) is 3.61. The van der Waals surface area contributed by atoms with E-state index in [1.54, 1.807) is 7.11 Å². The Morgan fingerprint density at radius 1 is 1.28 bits per heavy atom. The number of anilines is 1. The van der Waals surface area contributed by atoms with Crippen LogP contribution in [0.5, 0.6) is 11.5 Å². The fraction of sp³-hybridized carbons (Fsp3) is 0.632. The minimum atomic E-state index is 0. The highest BCUT2D eigenvalue weighted by atomic mass is 127. The van der Waals surface area contributed by atoms with E-state index in [1.165, 1.54) is 32.1 Å². The molecule has 0 unspecified atom stereocenters. The lowest BCUT2D eigenvalue weighted by atomic mass is 9.65. The summed E-state index contributed by atoms with van der Waals surface area (Å²) in [6.07, 6.45) is 6.91. The zero-order valence-electron chi connectivity index (χ0n) is 15.4. The number of hydrogen-bond acceptors (Lipinski definition) is 3. The minimum Gasteiger partial charge on any atom is -0.493 e. The molecule has 2 fully saturated rings. The van der Waals surface area contributed by atoms with E-state index in [4.69, 9.17) is 9.47 Å². The number of hydrogen-bond donors (Lipinski definition) is 2. The number of benzene rings is 1. The van der Waals surface area contributed by atoms with E-state index in [0.717, 1.165) is 35.6 Å². The smallest absolute Gasteiger partial charge is 0.195 e. The quantitative estimate of drug-likeness (QED) is 0.363. The van der Waals surface area contributed by atoms with Gasteiger partial charge in [0.25, 0.3) is 0 Å². The predicted molar refractivity (Wildman–Crippen MR) is 114 cm³/mol. The number of methoxy groups -OCH3 is 1. The summed E-state index contributed by atoms with van der Waals surface area (Å²) in [5.41, 5.74) is 1.46. The number of aliphatic imine (C=N–C) groups is 1. The summed E-state index contributed by atoms with van der Waals surface area (Å²) < 4.78 is 11.0. The summed E-state index contributed by atoms with van der Waals surface area (Å²) in [5.74, 6) is 3.23. The van der Waals surface area contributed by atoms with E-state index in [2.05, 4.69) is 15.6 Å². The maximum Gasteiger partial charge on any atom is 0.195 e. The maximum absolute atomic E-state index is 5.56. The number of nitrogens with zero attached hydrogens (tertiary/aromatic N) is 1. The number of halogens is 1. The van der Waals surface area contributed by atoms with Crippen molar-refractivity contribution in [2.24, 2.45) is 16.3 Å². The van der Waals surface area contributed by atoms with Crippen LogP contribution >= 0.6 is 24.0 Å². The molecular formula is C19H30IN3O2. The first kappa shape index (κ1) is 20.1. The van der Waals surface area contributed by atoms with Crippen molar-refractivity contribution in [2.45, 2.75) is 39.0 Å². The molecule has 2 saturated carbocycles. The van der Waals surface area contributed by atoms with Gasteiger partial charge in [-0.2, -0.15) is 0 Å². The van der Waals surface area contributed by atoms with Gasteiger partial charge in [0.15, 0.2) is 17.5 Å². The lowest BCUT2D eigenvalue weighted by Gasteiger charge is -2.43. The third kappa shape index (κ3) is 4.71. The van der Waals surface area contributed by atoms with Crippen LogP contribution in [0.15, 0.2) is 23.2 Å². The first-order valence-electron chi connectivity index (χ1n) is 8.99. The number of nitrogens with one attached hydrogen (secondary N) is 2. The molecule has 25 heavy (non-hydrogen) atoms. The Balaban J connectivity index is 0.00000225. The molecule has 2 N–H and O–H groups in total. The van der Waals surface area contributed by atoms with Crippen LogP contribution in [-0.4, -0.2) is 33.3 Å². The molecule has 0 atom stereocenters. The van der Waals surface area contributed by atoms with Crippen molar-refractivity contribution in [3.63, 3.8) is 0 Å². The lowest BCUT2D eigenvalue weighted by Crippen LogP contribution is -2.45. The van der Waals surface area contributed by atoms with Gasteiger partial charge in [-0.1, -0.05) is 6.42 Å². The molecule has 0 aromatic heterocycles. The molecule has 1 aromatic rings. The van der Waals surface area contributed by atoms with Gasteiger partial charge in [-0.05, 0) is 56.1 Å². The molecule has 0 radical (unpaired) electrons. The summed E-state index contributed by atoms with van der Waals surface area (Å²) in [4.78, 5) is 4.36. The van der Waals surface area contributed by atoms with Crippen LogP contribution in [0, 0.1) is 11.3 Å². The maximum atomic E-state index is 5.56. The molecule has 0 heterocycles. The van der Waals surface area contributed by atoms with Gasteiger partial charge in [0.2, 0.25) is 0 Å². The predicted octanol–water partition coefficient (Wildman–Crippen LogP) is 4.28. The summed E-state index contributed by atoms with van der Waals surface area (Å²) in [6, 6.07) is 5.85. The van der Waals surface area contributed by atoms with Crippen LogP contribution < -0.4 is 20.1 Å². The summed E-state index contributed by atoms with van der Waals surface area (Å²) >= 11 is 0. The van der Waals surface area contributed by atoms with E-state index in [-0.39, 0.29) is 24.0 Å². The molecule has 1 aromatic carbocycles. The van der Waals surface area contributed by atoms with Crippen LogP contribution in [0.4, 0.5) is 5.69 Å². The Morgan fingerprint density at radius 2 is 2.04 bits per heavy atom. The third-order valence-electron chi connectivity index (χ3n) is 5.35. The van der Waals surface area contributed by atoms with Gasteiger partial charge in [-0.3, -0.25) is 4.99 Å². The van der Waals surface area contributed by atoms with E-state index in [9.17, 15) is 0 Å². The van der Waals surface area contributed by atoms with E-state index >= 15 is 0 Å². The van der Waals surface area contributed by atoms with Crippen LogP contribution in [0.25, 0.3) is 0 Å². The first-order chi connectivity index (χ1) is 11.7. The van der Waals surface area contributed by atoms with Gasteiger partial charge in [0.05, 0.1) is 13.7 Å². The molecule has 3 rings (SSSR count). The molecule has 0 spiro atoms. The topological polar surface area (TPSA) is 54.9 Å². The van der Waals surface area contributed by atoms with Gasteiger partial charge >= 0.3 is 0 Å². The third-order valence-corrected chi connectivity index (χ3v) is 5.35. The normalized spacial score (nSPS) is 18.6. The summed E-state index contributed by atoms with van der Waals surface area (Å²) in [5, 5.41) is 6.88. The standard InChI is InChI=1S/C19H29N3O2.HI/c1-4-24-16-9-8-15(12-17(16)23-3)22-18(20-2)21-13-19(10-5-11-19)14-6-7-14;/h8-9,12,14H,4-7,10-11,13H2,1-3H3,(H2,20,21,22);1H. The minimum absolute atomic E-state index is 0. The zero-order valence-corrected chi connectivity index (χ0v) is 17.8. The highest BCUT2D eigenvalue weighted by Crippen LogP contribution is 2.56. The molecule has 5 nitrogen and oxygen atoms in total. The van der Waals surface area contributed by atoms with Crippen LogP contribution in [0.2, 0.25) is 0 Å². The fourth-order valence-corrected chi connectivity index (χ4v) is 3.65. The molecule has 0 saturated heterocycles. The highest BCUT2D eigenvalue weighted by Gasteiger charge is 2.48. The van der Waals surface area contributed by atoms with Crippen molar-refractivity contribution in [3.05, 3.63) is 18.2 Å². The van der Waals surface area contributed by atoms with Crippen molar-refractivity contribution >= 4 is 35.6 Å². The van der Waals surface area contributed by atoms with Crippen molar-refractivity contribution in [3.8, 4) is 11.5 Å². The molecule has 0 bridgehead atoms. The van der Waals surface area contributed by atoms with Crippen molar-refractivity contribution in [1.82, 2.24) is 5.32 Å². The average molecular weight is 459 g/mol. The number of ether oxygens (including phenoxy) is 2. The second-order valence-corrected chi connectivity index (χ2v) is 6.84.